The molecule has 0 aliphatic carbocycles. The predicted molar refractivity (Wildman–Crippen MR) is 15.2 cm³/mol. The van der Waals surface area contributed by atoms with Crippen molar-refractivity contribution in [2.45, 2.75) is 0 Å². The fourth-order valence-electron chi connectivity index (χ4n) is 0. The van der Waals surface area contributed by atoms with E-state index in [4.69, 9.17) is 38.5 Å². The molecule has 0 N–H and O–H groups in total. The van der Waals surface area contributed by atoms with Gasteiger partial charge in [0.2, 0.25) is 0 Å². The van der Waals surface area contributed by atoms with Crippen LogP contribution in [0.25, 0.3) is 0 Å². The molecule has 0 aromatic heterocycles. The molecule has 0 aliphatic heterocycles. The van der Waals surface area contributed by atoms with Crippen LogP contribution in [0.1, 0.15) is 0 Å². The van der Waals surface area contributed by atoms with Crippen LogP contribution in [0.15, 0.2) is 0 Å². The number of rotatable bonds is 0. The van der Waals surface area contributed by atoms with Crippen molar-refractivity contribution in [2.75, 3.05) is 0 Å². The third-order valence-corrected chi connectivity index (χ3v) is 0. The van der Waals surface area contributed by atoms with E-state index >= 15 is 0 Å². The predicted octanol–water partition coefficient (Wildman–Crippen LogP) is -11.6. The molecule has 0 rings (SSSR count). The molecule has 14 heteroatoms. The first kappa shape index (κ1) is 36.0. The van der Waals surface area contributed by atoms with Crippen LogP contribution in [-0.4, -0.2) is 0 Å². The summed E-state index contributed by atoms with van der Waals surface area (Å²) in [5.74, 6) is 0. The maximum absolute atomic E-state index is 8.55. The van der Waals surface area contributed by atoms with E-state index in [2.05, 4.69) is 0 Å². The van der Waals surface area contributed by atoms with Gasteiger partial charge in [0, 0.05) is 18.6 Å². The van der Waals surface area contributed by atoms with Gasteiger partial charge in [-0.05, 0) is 0 Å². The number of hydrogen-bond donors (Lipinski definition) is 0. The molecule has 0 saturated carbocycles. The van der Waals surface area contributed by atoms with Crippen LogP contribution < -0.4 is 67.1 Å². The SMILES string of the molecule is O=P([O-])([O-])[O-].O=P([O-])([O-])[O-].[Li+].[Li+].[Mn+2].[V]. The molecule has 0 atom stereocenters. The van der Waals surface area contributed by atoms with Crippen LogP contribution in [0, 0.1) is 0 Å². The fourth-order valence-corrected chi connectivity index (χ4v) is 0. The molecule has 0 unspecified atom stereocenters. The zero-order valence-corrected chi connectivity index (χ0v) is 11.4. The molecule has 14 heavy (non-hydrogen) atoms. The van der Waals surface area contributed by atoms with E-state index in [0.29, 0.717) is 0 Å². The minimum absolute atomic E-state index is 0. The summed E-state index contributed by atoms with van der Waals surface area (Å²) in [6.07, 6.45) is 0. The van der Waals surface area contributed by atoms with E-state index in [1.807, 2.05) is 0 Å². The van der Waals surface area contributed by atoms with Gasteiger partial charge in [-0.25, -0.2) is 0 Å². The Morgan fingerprint density at radius 2 is 0.643 bits per heavy atom. The van der Waals surface area contributed by atoms with Crippen molar-refractivity contribution in [1.82, 2.24) is 0 Å². The molecule has 0 saturated heterocycles. The molecule has 8 nitrogen and oxygen atoms in total. The Kier molecular flexibility index (Phi) is 39.9. The second-order valence-corrected chi connectivity index (χ2v) is 2.68. The number of hydrogen-bond acceptors (Lipinski definition) is 8. The molecular formula is Li2MnO8P2V-2. The van der Waals surface area contributed by atoms with Crippen molar-refractivity contribution in [3.05, 3.63) is 0 Å². The van der Waals surface area contributed by atoms with Crippen LogP contribution in [0.5, 0.6) is 0 Å². The monoisotopic (exact) mass is 310 g/mol. The van der Waals surface area contributed by atoms with E-state index in [0.717, 1.165) is 0 Å². The van der Waals surface area contributed by atoms with E-state index in [-0.39, 0.29) is 73.3 Å². The first-order valence-corrected chi connectivity index (χ1v) is 4.38. The molecule has 74 valence electrons. The Morgan fingerprint density at radius 3 is 0.643 bits per heavy atom. The first-order valence-electron chi connectivity index (χ1n) is 1.46. The molecule has 0 spiro atoms. The second-order valence-electron chi connectivity index (χ2n) is 0.894. The van der Waals surface area contributed by atoms with Gasteiger partial charge in [0.25, 0.3) is 0 Å². The van der Waals surface area contributed by atoms with Gasteiger partial charge >= 0.3 is 54.8 Å². The Balaban J connectivity index is -0.0000000178. The maximum Gasteiger partial charge on any atom is 2.00 e. The topological polar surface area (TPSA) is 172 Å². The van der Waals surface area contributed by atoms with Gasteiger partial charge in [-0.3, -0.25) is 0 Å². The minimum Gasteiger partial charge on any atom is -0.822 e. The summed E-state index contributed by atoms with van der Waals surface area (Å²) in [6.45, 7) is 0. The largest absolute Gasteiger partial charge is 2.00 e. The van der Waals surface area contributed by atoms with Crippen LogP contribution >= 0.6 is 15.6 Å². The van der Waals surface area contributed by atoms with E-state index in [1.165, 1.54) is 0 Å². The molecule has 0 aromatic carbocycles. The third kappa shape index (κ3) is 418. The summed E-state index contributed by atoms with van der Waals surface area (Å²) in [5, 5.41) is 0. The van der Waals surface area contributed by atoms with Crippen LogP contribution in [0.3, 0.4) is 0 Å². The zero-order valence-electron chi connectivity index (χ0n) is 6.99. The first-order chi connectivity index (χ1) is 4.00. The van der Waals surface area contributed by atoms with Gasteiger partial charge in [0.1, 0.15) is 0 Å². The van der Waals surface area contributed by atoms with Crippen molar-refractivity contribution in [1.29, 1.82) is 0 Å². The maximum atomic E-state index is 8.55. The third-order valence-electron chi connectivity index (χ3n) is 0. The second kappa shape index (κ2) is 15.5. The molecule has 0 bridgehead atoms. The summed E-state index contributed by atoms with van der Waals surface area (Å²) in [5.41, 5.74) is 0. The standard InChI is InChI=1S/2Li.Mn.2H3O4P.V/c;;;2*1-5(2,3)4;/h;;;2*(H3,1,2,3,4);/q2*+1;+2;;;/p-6. The zero-order chi connectivity index (χ0) is 9.00. The van der Waals surface area contributed by atoms with Gasteiger partial charge in [-0.1, -0.05) is 0 Å². The van der Waals surface area contributed by atoms with Gasteiger partial charge in [0.05, 0.1) is 0 Å². The Labute approximate surface area is 126 Å². The molecule has 0 amide bonds. The summed E-state index contributed by atoms with van der Waals surface area (Å²) in [7, 11) is -10.8. The minimum atomic E-state index is -5.39. The van der Waals surface area contributed by atoms with E-state index in [9.17, 15) is 0 Å². The van der Waals surface area contributed by atoms with Crippen molar-refractivity contribution in [2.24, 2.45) is 0 Å². The Morgan fingerprint density at radius 1 is 0.643 bits per heavy atom. The van der Waals surface area contributed by atoms with Gasteiger partial charge in [0.15, 0.2) is 0 Å². The van der Waals surface area contributed by atoms with Gasteiger partial charge in [-0.15, -0.1) is 0 Å². The van der Waals surface area contributed by atoms with Gasteiger partial charge in [-0.2, -0.15) is 15.6 Å². The fraction of sp³-hybridized carbons (Fsp3) is 0. The van der Waals surface area contributed by atoms with Crippen molar-refractivity contribution in [3.8, 4) is 0 Å². The van der Waals surface area contributed by atoms with Crippen molar-refractivity contribution < 1.29 is 112 Å². The quantitative estimate of drug-likeness (QED) is 0.313. The molecular weight excluding hydrogens is 310 g/mol. The molecule has 0 heterocycles. The normalized spacial score (nSPS) is 8.43. The van der Waals surface area contributed by atoms with Crippen molar-refractivity contribution in [3.63, 3.8) is 0 Å². The molecule has 0 aliphatic rings. The van der Waals surface area contributed by atoms with Crippen molar-refractivity contribution >= 4 is 15.6 Å². The van der Waals surface area contributed by atoms with Crippen LogP contribution in [0.2, 0.25) is 0 Å². The summed E-state index contributed by atoms with van der Waals surface area (Å²) < 4.78 is 17.1. The summed E-state index contributed by atoms with van der Waals surface area (Å²) in [4.78, 5) is 51.3. The van der Waals surface area contributed by atoms with Gasteiger partial charge < -0.3 is 38.5 Å². The average Bonchev–Trinajstić information content (AvgIpc) is 1.12. The molecule has 0 aromatic rings. The molecule has 2 radical (unpaired) electrons. The summed E-state index contributed by atoms with van der Waals surface area (Å²) >= 11 is 0. The Bertz CT molecular complexity index is 138. The number of phosphoric acid groups is 2. The smallest absolute Gasteiger partial charge is 0.822 e. The van der Waals surface area contributed by atoms with E-state index in [1.54, 1.807) is 0 Å². The Hall–Kier alpha value is 2.52. The van der Waals surface area contributed by atoms with E-state index < -0.39 is 15.6 Å². The summed E-state index contributed by atoms with van der Waals surface area (Å²) in [6, 6.07) is 0. The molecule has 0 fully saturated rings. The van der Waals surface area contributed by atoms with Crippen LogP contribution in [0.4, 0.5) is 0 Å². The van der Waals surface area contributed by atoms with Crippen LogP contribution in [-0.2, 0) is 44.8 Å². The average molecular weight is 310 g/mol.